The van der Waals surface area contributed by atoms with Gasteiger partial charge in [0.2, 0.25) is 5.91 Å². The van der Waals surface area contributed by atoms with Crippen LogP contribution in [0, 0.1) is 5.92 Å². The van der Waals surface area contributed by atoms with Gasteiger partial charge in [0.15, 0.2) is 0 Å². The molecule has 2 N–H and O–H groups in total. The molecule has 3 rings (SSSR count). The summed E-state index contributed by atoms with van der Waals surface area (Å²) in [5.74, 6) is 1.07. The first kappa shape index (κ1) is 13.5. The number of carbonyl (C=O) groups excluding carboxylic acids is 1. The van der Waals surface area contributed by atoms with Crippen molar-refractivity contribution in [1.82, 2.24) is 4.90 Å². The van der Waals surface area contributed by atoms with Crippen molar-refractivity contribution in [2.45, 2.75) is 44.4 Å². The van der Waals surface area contributed by atoms with Crippen molar-refractivity contribution in [2.24, 2.45) is 5.92 Å². The van der Waals surface area contributed by atoms with Crippen LogP contribution in [-0.2, 0) is 10.2 Å². The second kappa shape index (κ2) is 5.12. The van der Waals surface area contributed by atoms with Gasteiger partial charge in [0, 0.05) is 18.8 Å². The summed E-state index contributed by atoms with van der Waals surface area (Å²) in [4.78, 5) is 15.0. The van der Waals surface area contributed by atoms with Crippen molar-refractivity contribution in [3.63, 3.8) is 0 Å². The molecule has 0 spiro atoms. The van der Waals surface area contributed by atoms with E-state index in [1.165, 1.54) is 19.3 Å². The SMILES string of the molecule is CCN(CC1CCC1)C(=O)C1(c2ccc(N)cc2)CC1. The van der Waals surface area contributed by atoms with Gasteiger partial charge in [0.05, 0.1) is 5.41 Å². The number of likely N-dealkylation sites (N-methyl/N-ethyl adjacent to an activating group) is 1. The average Bonchev–Trinajstić information content (AvgIpc) is 3.19. The maximum Gasteiger partial charge on any atom is 0.233 e. The van der Waals surface area contributed by atoms with E-state index in [1.54, 1.807) is 0 Å². The Bertz CT molecular complexity index is 486. The summed E-state index contributed by atoms with van der Waals surface area (Å²) in [5, 5.41) is 0. The molecule has 1 amide bonds. The third kappa shape index (κ3) is 2.30. The summed E-state index contributed by atoms with van der Waals surface area (Å²) in [6, 6.07) is 7.87. The predicted octanol–water partition coefficient (Wildman–Crippen LogP) is 2.95. The van der Waals surface area contributed by atoms with Crippen LogP contribution in [-0.4, -0.2) is 23.9 Å². The van der Waals surface area contributed by atoms with E-state index >= 15 is 0 Å². The molecule has 0 heterocycles. The molecule has 20 heavy (non-hydrogen) atoms. The zero-order valence-electron chi connectivity index (χ0n) is 12.3. The lowest BCUT2D eigenvalue weighted by Gasteiger charge is -2.34. The summed E-state index contributed by atoms with van der Waals surface area (Å²) in [6.45, 7) is 3.87. The van der Waals surface area contributed by atoms with Gasteiger partial charge in [-0.05, 0) is 56.2 Å². The first-order valence-electron chi connectivity index (χ1n) is 7.81. The Kier molecular flexibility index (Phi) is 3.45. The van der Waals surface area contributed by atoms with Crippen LogP contribution in [0.2, 0.25) is 0 Å². The molecule has 0 aromatic heterocycles. The first-order chi connectivity index (χ1) is 9.65. The normalized spacial score (nSPS) is 20.2. The van der Waals surface area contributed by atoms with E-state index in [2.05, 4.69) is 11.8 Å². The van der Waals surface area contributed by atoms with Crippen molar-refractivity contribution < 1.29 is 4.79 Å². The highest BCUT2D eigenvalue weighted by molar-refractivity contribution is 5.91. The van der Waals surface area contributed by atoms with Crippen molar-refractivity contribution in [3.05, 3.63) is 29.8 Å². The lowest BCUT2D eigenvalue weighted by molar-refractivity contribution is -0.134. The Balaban J connectivity index is 1.75. The Morgan fingerprint density at radius 1 is 1.30 bits per heavy atom. The van der Waals surface area contributed by atoms with E-state index < -0.39 is 0 Å². The van der Waals surface area contributed by atoms with Gasteiger partial charge in [0.25, 0.3) is 0 Å². The number of nitrogen functional groups attached to an aromatic ring is 1. The fourth-order valence-corrected chi connectivity index (χ4v) is 3.20. The molecule has 0 bridgehead atoms. The predicted molar refractivity (Wildman–Crippen MR) is 81.4 cm³/mol. The fourth-order valence-electron chi connectivity index (χ4n) is 3.20. The highest BCUT2D eigenvalue weighted by atomic mass is 16.2. The monoisotopic (exact) mass is 272 g/mol. The Morgan fingerprint density at radius 2 is 1.95 bits per heavy atom. The van der Waals surface area contributed by atoms with Gasteiger partial charge in [-0.3, -0.25) is 4.79 Å². The Morgan fingerprint density at radius 3 is 2.40 bits per heavy atom. The number of benzene rings is 1. The van der Waals surface area contributed by atoms with Crippen LogP contribution in [0.3, 0.4) is 0 Å². The number of carbonyl (C=O) groups is 1. The maximum atomic E-state index is 12.9. The van der Waals surface area contributed by atoms with Gasteiger partial charge in [-0.2, -0.15) is 0 Å². The third-order valence-electron chi connectivity index (χ3n) is 4.99. The summed E-state index contributed by atoms with van der Waals surface area (Å²) < 4.78 is 0. The summed E-state index contributed by atoms with van der Waals surface area (Å²) in [7, 11) is 0. The smallest absolute Gasteiger partial charge is 0.233 e. The summed E-state index contributed by atoms with van der Waals surface area (Å²) in [5.41, 5.74) is 7.41. The van der Waals surface area contributed by atoms with Crippen LogP contribution in [0.15, 0.2) is 24.3 Å². The molecule has 0 atom stereocenters. The molecule has 2 aliphatic rings. The molecule has 1 aromatic carbocycles. The molecule has 2 aliphatic carbocycles. The number of hydrogen-bond acceptors (Lipinski definition) is 2. The van der Waals surface area contributed by atoms with Gasteiger partial charge >= 0.3 is 0 Å². The fraction of sp³-hybridized carbons (Fsp3) is 0.588. The number of nitrogens with two attached hydrogens (primary N) is 1. The Labute approximate surface area is 121 Å². The quantitative estimate of drug-likeness (QED) is 0.838. The molecule has 3 nitrogen and oxygen atoms in total. The molecule has 0 aliphatic heterocycles. The van der Waals surface area contributed by atoms with Crippen LogP contribution >= 0.6 is 0 Å². The van der Waals surface area contributed by atoms with E-state index in [4.69, 9.17) is 5.73 Å². The summed E-state index contributed by atoms with van der Waals surface area (Å²) in [6.07, 6.45) is 5.88. The topological polar surface area (TPSA) is 46.3 Å². The lowest BCUT2D eigenvalue weighted by Crippen LogP contribution is -2.43. The molecule has 2 fully saturated rings. The minimum Gasteiger partial charge on any atom is -0.399 e. The number of amides is 1. The molecular formula is C17H24N2O. The van der Waals surface area contributed by atoms with Gasteiger partial charge < -0.3 is 10.6 Å². The number of anilines is 1. The molecule has 1 aromatic rings. The molecule has 0 saturated heterocycles. The van der Waals surface area contributed by atoms with Crippen molar-refractivity contribution in [2.75, 3.05) is 18.8 Å². The van der Waals surface area contributed by atoms with E-state index in [0.717, 1.165) is 43.1 Å². The molecule has 0 radical (unpaired) electrons. The minimum atomic E-state index is -0.243. The third-order valence-corrected chi connectivity index (χ3v) is 4.99. The average molecular weight is 272 g/mol. The Hall–Kier alpha value is -1.51. The maximum absolute atomic E-state index is 12.9. The van der Waals surface area contributed by atoms with Crippen LogP contribution < -0.4 is 5.73 Å². The van der Waals surface area contributed by atoms with Crippen LogP contribution in [0.5, 0.6) is 0 Å². The molecule has 108 valence electrons. The number of rotatable bonds is 5. The van der Waals surface area contributed by atoms with Crippen molar-refractivity contribution in [1.29, 1.82) is 0 Å². The van der Waals surface area contributed by atoms with Gasteiger partial charge in [-0.15, -0.1) is 0 Å². The largest absolute Gasteiger partial charge is 0.399 e. The first-order valence-corrected chi connectivity index (χ1v) is 7.81. The molecule has 2 saturated carbocycles. The van der Waals surface area contributed by atoms with Crippen LogP contribution in [0.25, 0.3) is 0 Å². The highest BCUT2D eigenvalue weighted by Crippen LogP contribution is 2.50. The van der Waals surface area contributed by atoms with Gasteiger partial charge in [0.1, 0.15) is 0 Å². The molecule has 0 unspecified atom stereocenters. The van der Waals surface area contributed by atoms with E-state index in [0.29, 0.717) is 5.91 Å². The van der Waals surface area contributed by atoms with Gasteiger partial charge in [-0.25, -0.2) is 0 Å². The van der Waals surface area contributed by atoms with E-state index in [-0.39, 0.29) is 5.41 Å². The summed E-state index contributed by atoms with van der Waals surface area (Å²) >= 11 is 0. The minimum absolute atomic E-state index is 0.243. The lowest BCUT2D eigenvalue weighted by atomic mass is 9.84. The number of nitrogens with zero attached hydrogens (tertiary/aromatic N) is 1. The zero-order valence-corrected chi connectivity index (χ0v) is 12.3. The van der Waals surface area contributed by atoms with E-state index in [9.17, 15) is 4.79 Å². The van der Waals surface area contributed by atoms with Crippen molar-refractivity contribution in [3.8, 4) is 0 Å². The molecular weight excluding hydrogens is 248 g/mol. The van der Waals surface area contributed by atoms with Crippen LogP contribution in [0.1, 0.15) is 44.6 Å². The zero-order chi connectivity index (χ0) is 14.2. The highest BCUT2D eigenvalue weighted by Gasteiger charge is 2.52. The van der Waals surface area contributed by atoms with Crippen molar-refractivity contribution >= 4 is 11.6 Å². The second-order valence-electron chi connectivity index (χ2n) is 6.34. The molecule has 3 heteroatoms. The van der Waals surface area contributed by atoms with E-state index in [1.807, 2.05) is 24.3 Å². The second-order valence-corrected chi connectivity index (χ2v) is 6.34. The van der Waals surface area contributed by atoms with Crippen LogP contribution in [0.4, 0.5) is 5.69 Å². The standard InChI is InChI=1S/C17H24N2O/c1-2-19(12-13-4-3-5-13)16(20)17(10-11-17)14-6-8-15(18)9-7-14/h6-9,13H,2-5,10-12,18H2,1H3. The number of hydrogen-bond donors (Lipinski definition) is 1. The van der Waals surface area contributed by atoms with Gasteiger partial charge in [-0.1, -0.05) is 18.6 Å².